The summed E-state index contributed by atoms with van der Waals surface area (Å²) in [6.45, 7) is 21.6. The molecule has 0 aromatic carbocycles. The SMILES string of the molecule is CC.CC.CCC12C=CC(C)(C=C(C)C1)O2.CCC12CCC(C)(C=C(C)C1)C2. The van der Waals surface area contributed by atoms with Crippen LogP contribution >= 0.6 is 0 Å². The third kappa shape index (κ3) is 5.62. The Morgan fingerprint density at radius 2 is 1.43 bits per heavy atom. The van der Waals surface area contributed by atoms with Crippen LogP contribution in [0.5, 0.6) is 0 Å². The second-order valence-electron chi connectivity index (χ2n) is 9.56. The first kappa shape index (κ1) is 25.2. The summed E-state index contributed by atoms with van der Waals surface area (Å²) in [4.78, 5) is 0. The minimum atomic E-state index is -0.113. The lowest BCUT2D eigenvalue weighted by Crippen LogP contribution is -2.37. The van der Waals surface area contributed by atoms with Gasteiger partial charge in [0, 0.05) is 6.42 Å². The van der Waals surface area contributed by atoms with Gasteiger partial charge in [-0.1, -0.05) is 90.3 Å². The molecule has 4 unspecified atom stereocenters. The van der Waals surface area contributed by atoms with Crippen molar-refractivity contribution in [2.24, 2.45) is 10.8 Å². The van der Waals surface area contributed by atoms with Gasteiger partial charge in [-0.3, -0.25) is 0 Å². The topological polar surface area (TPSA) is 9.23 Å². The smallest absolute Gasteiger partial charge is 0.103 e. The Balaban J connectivity index is 0.000000238. The minimum Gasteiger partial charge on any atom is -0.356 e. The third-order valence-electron chi connectivity index (χ3n) is 6.85. The Kier molecular flexibility index (Phi) is 8.82. The van der Waals surface area contributed by atoms with Crippen molar-refractivity contribution in [1.82, 2.24) is 0 Å². The van der Waals surface area contributed by atoms with Crippen molar-refractivity contribution in [3.63, 3.8) is 0 Å². The summed E-state index contributed by atoms with van der Waals surface area (Å²) >= 11 is 0. The molecule has 162 valence electrons. The summed E-state index contributed by atoms with van der Waals surface area (Å²) in [5.74, 6) is 0. The first-order chi connectivity index (χ1) is 13.2. The molecule has 4 rings (SSSR count). The maximum absolute atomic E-state index is 6.00. The van der Waals surface area contributed by atoms with E-state index in [2.05, 4.69) is 65.8 Å². The van der Waals surface area contributed by atoms with Crippen LogP contribution in [0.4, 0.5) is 0 Å². The molecule has 4 atom stereocenters. The van der Waals surface area contributed by atoms with Crippen LogP contribution in [0.15, 0.2) is 35.5 Å². The lowest BCUT2D eigenvalue weighted by atomic mass is 9.70. The van der Waals surface area contributed by atoms with E-state index in [1.807, 2.05) is 27.7 Å². The number of rotatable bonds is 2. The molecule has 1 heteroatoms. The van der Waals surface area contributed by atoms with Gasteiger partial charge in [0.2, 0.25) is 0 Å². The van der Waals surface area contributed by atoms with Gasteiger partial charge in [0.25, 0.3) is 0 Å². The fourth-order valence-corrected chi connectivity index (χ4v) is 5.85. The van der Waals surface area contributed by atoms with Gasteiger partial charge >= 0.3 is 0 Å². The van der Waals surface area contributed by atoms with Crippen LogP contribution in [0.2, 0.25) is 0 Å². The zero-order chi connectivity index (χ0) is 21.6. The van der Waals surface area contributed by atoms with Crippen molar-refractivity contribution in [3.05, 3.63) is 35.5 Å². The third-order valence-corrected chi connectivity index (χ3v) is 6.85. The molecule has 0 saturated heterocycles. The molecule has 1 nitrogen and oxygen atoms in total. The fraction of sp³-hybridized carbons (Fsp3) is 0.778. The zero-order valence-electron chi connectivity index (χ0n) is 20.7. The standard InChI is InChI=1S/C12H20.C11H16O.2C2H6/c1-4-12-6-5-11(3,9-12)7-10(2)8-12;1-4-11-6-5-10(3,12-11)7-9(2)8-11;2*1-2/h7H,4-6,8-9H2,1-3H3;5-7H,4,8H2,1-3H3;2*1-2H3. The van der Waals surface area contributed by atoms with Gasteiger partial charge in [0.1, 0.15) is 5.60 Å². The Hall–Kier alpha value is -0.820. The highest BCUT2D eigenvalue weighted by Crippen LogP contribution is 2.58. The van der Waals surface area contributed by atoms with Crippen molar-refractivity contribution in [2.45, 2.75) is 125 Å². The van der Waals surface area contributed by atoms with E-state index < -0.39 is 0 Å². The van der Waals surface area contributed by atoms with Gasteiger partial charge in [0.15, 0.2) is 0 Å². The Bertz CT molecular complexity index is 597. The van der Waals surface area contributed by atoms with E-state index in [1.54, 1.807) is 5.57 Å². The van der Waals surface area contributed by atoms with Crippen LogP contribution in [0.3, 0.4) is 0 Å². The number of hydrogen-bond acceptors (Lipinski definition) is 1. The molecular weight excluding hydrogens is 340 g/mol. The van der Waals surface area contributed by atoms with E-state index in [0.717, 1.165) is 12.8 Å². The normalized spacial score (nSPS) is 39.4. The predicted octanol–water partition coefficient (Wildman–Crippen LogP) is 8.81. The number of ether oxygens (including phenoxy) is 1. The average molecular weight is 389 g/mol. The van der Waals surface area contributed by atoms with Crippen LogP contribution in [0.25, 0.3) is 0 Å². The van der Waals surface area contributed by atoms with Crippen molar-refractivity contribution in [3.8, 4) is 0 Å². The first-order valence-corrected chi connectivity index (χ1v) is 11.9. The maximum atomic E-state index is 6.00. The van der Waals surface area contributed by atoms with Gasteiger partial charge in [-0.05, 0) is 63.7 Å². The first-order valence-electron chi connectivity index (χ1n) is 11.9. The van der Waals surface area contributed by atoms with Crippen molar-refractivity contribution in [1.29, 1.82) is 0 Å². The molecule has 1 fully saturated rings. The minimum absolute atomic E-state index is 0.0214. The average Bonchev–Trinajstić information content (AvgIpc) is 3.08. The van der Waals surface area contributed by atoms with E-state index in [9.17, 15) is 0 Å². The number of allylic oxidation sites excluding steroid dienone is 2. The van der Waals surface area contributed by atoms with Gasteiger partial charge in [-0.15, -0.1) is 0 Å². The fourth-order valence-electron chi connectivity index (χ4n) is 5.85. The largest absolute Gasteiger partial charge is 0.356 e. The molecule has 0 aromatic rings. The van der Waals surface area contributed by atoms with Crippen LogP contribution < -0.4 is 0 Å². The van der Waals surface area contributed by atoms with E-state index in [1.165, 1.54) is 37.7 Å². The van der Waals surface area contributed by atoms with Crippen LogP contribution in [-0.4, -0.2) is 11.2 Å². The summed E-state index contributed by atoms with van der Waals surface area (Å²) in [5, 5.41) is 0. The summed E-state index contributed by atoms with van der Waals surface area (Å²) in [7, 11) is 0. The number of hydrogen-bond donors (Lipinski definition) is 0. The lowest BCUT2D eigenvalue weighted by Gasteiger charge is -2.36. The summed E-state index contributed by atoms with van der Waals surface area (Å²) in [5.41, 5.74) is 4.27. The molecule has 4 aliphatic rings. The van der Waals surface area contributed by atoms with E-state index in [-0.39, 0.29) is 11.2 Å². The summed E-state index contributed by atoms with van der Waals surface area (Å²) in [6, 6.07) is 0. The maximum Gasteiger partial charge on any atom is 0.103 e. The molecule has 2 aliphatic carbocycles. The molecule has 0 N–H and O–H groups in total. The van der Waals surface area contributed by atoms with Crippen molar-refractivity contribution >= 4 is 0 Å². The second-order valence-corrected chi connectivity index (χ2v) is 9.56. The van der Waals surface area contributed by atoms with Gasteiger partial charge in [0.05, 0.1) is 5.60 Å². The molecule has 0 aromatic heterocycles. The summed E-state index contributed by atoms with van der Waals surface area (Å²) in [6.07, 6.45) is 18.4. The molecule has 0 spiro atoms. The Morgan fingerprint density at radius 1 is 0.821 bits per heavy atom. The highest BCUT2D eigenvalue weighted by Gasteiger charge is 2.46. The molecule has 0 radical (unpaired) electrons. The second kappa shape index (κ2) is 9.79. The van der Waals surface area contributed by atoms with Crippen molar-refractivity contribution in [2.75, 3.05) is 0 Å². The molecule has 2 aliphatic heterocycles. The molecular formula is C27H48O. The van der Waals surface area contributed by atoms with E-state index in [0.29, 0.717) is 10.8 Å². The van der Waals surface area contributed by atoms with Crippen LogP contribution in [0, 0.1) is 10.8 Å². The van der Waals surface area contributed by atoms with E-state index >= 15 is 0 Å². The molecule has 0 amide bonds. The Morgan fingerprint density at radius 3 is 2.00 bits per heavy atom. The van der Waals surface area contributed by atoms with Crippen LogP contribution in [0.1, 0.15) is 114 Å². The highest BCUT2D eigenvalue weighted by atomic mass is 16.5. The lowest BCUT2D eigenvalue weighted by molar-refractivity contribution is -0.0661. The molecule has 28 heavy (non-hydrogen) atoms. The predicted molar refractivity (Wildman–Crippen MR) is 126 cm³/mol. The van der Waals surface area contributed by atoms with Gasteiger partial charge < -0.3 is 4.74 Å². The molecule has 4 bridgehead atoms. The van der Waals surface area contributed by atoms with Crippen molar-refractivity contribution < 1.29 is 4.74 Å². The molecule has 2 heterocycles. The Labute approximate surface area is 176 Å². The van der Waals surface area contributed by atoms with Gasteiger partial charge in [-0.2, -0.15) is 0 Å². The van der Waals surface area contributed by atoms with E-state index in [4.69, 9.17) is 4.74 Å². The quantitative estimate of drug-likeness (QED) is 0.429. The zero-order valence-corrected chi connectivity index (χ0v) is 20.7. The highest BCUT2D eigenvalue weighted by molar-refractivity contribution is 5.32. The number of fused-ring (bicyclic) bond motifs is 4. The summed E-state index contributed by atoms with van der Waals surface area (Å²) < 4.78 is 6.00. The van der Waals surface area contributed by atoms with Crippen LogP contribution in [-0.2, 0) is 4.74 Å². The molecule has 1 saturated carbocycles. The monoisotopic (exact) mass is 388 g/mol. The van der Waals surface area contributed by atoms with Gasteiger partial charge in [-0.25, -0.2) is 0 Å².